The van der Waals surface area contributed by atoms with Crippen molar-refractivity contribution >= 4 is 11.8 Å². The molecule has 5 atom stereocenters. The summed E-state index contributed by atoms with van der Waals surface area (Å²) in [6.45, 7) is 10.7. The number of hydrogen-bond acceptors (Lipinski definition) is 3. The summed E-state index contributed by atoms with van der Waals surface area (Å²) in [7, 11) is 0. The Bertz CT molecular complexity index is 410. The van der Waals surface area contributed by atoms with Crippen LogP contribution < -0.4 is 5.32 Å². The molecule has 5 nitrogen and oxygen atoms in total. The molecule has 120 valence electrons. The van der Waals surface area contributed by atoms with Gasteiger partial charge in [-0.05, 0) is 25.2 Å². The van der Waals surface area contributed by atoms with Crippen LogP contribution in [0.2, 0.25) is 0 Å². The molecule has 2 aliphatic rings. The highest BCUT2D eigenvalue weighted by Gasteiger charge is 2.48. The van der Waals surface area contributed by atoms with Gasteiger partial charge in [0, 0.05) is 6.61 Å². The van der Waals surface area contributed by atoms with Crippen LogP contribution in [0.15, 0.2) is 0 Å². The number of hydrogen-bond donors (Lipinski definition) is 1. The number of carbonyl (C=O) groups is 2. The molecule has 2 amide bonds. The maximum atomic E-state index is 13.0. The minimum absolute atomic E-state index is 0.00122. The first-order valence-corrected chi connectivity index (χ1v) is 8.12. The molecule has 5 heteroatoms. The smallest absolute Gasteiger partial charge is 0.246 e. The van der Waals surface area contributed by atoms with Gasteiger partial charge in [-0.1, -0.05) is 34.1 Å². The lowest BCUT2D eigenvalue weighted by Gasteiger charge is -2.45. The Balaban J connectivity index is 2.32. The molecule has 0 aromatic rings. The fourth-order valence-corrected chi connectivity index (χ4v) is 3.43. The van der Waals surface area contributed by atoms with E-state index < -0.39 is 6.04 Å². The van der Waals surface area contributed by atoms with Crippen molar-refractivity contribution in [2.45, 2.75) is 71.7 Å². The zero-order valence-electron chi connectivity index (χ0n) is 13.8. The number of nitrogens with zero attached hydrogens (tertiary/aromatic N) is 1. The lowest BCUT2D eigenvalue weighted by atomic mass is 9.88. The van der Waals surface area contributed by atoms with Crippen molar-refractivity contribution < 1.29 is 14.3 Å². The van der Waals surface area contributed by atoms with Gasteiger partial charge in [0.15, 0.2) is 0 Å². The Morgan fingerprint density at radius 1 is 1.33 bits per heavy atom. The molecule has 2 heterocycles. The monoisotopic (exact) mass is 296 g/mol. The number of rotatable bonds is 4. The van der Waals surface area contributed by atoms with Crippen LogP contribution in [-0.2, 0) is 14.3 Å². The second kappa shape index (κ2) is 6.34. The average Bonchev–Trinajstić information content (AvgIpc) is 2.85. The van der Waals surface area contributed by atoms with Crippen molar-refractivity contribution in [2.24, 2.45) is 11.8 Å². The summed E-state index contributed by atoms with van der Waals surface area (Å²) < 4.78 is 5.63. The minimum Gasteiger partial charge on any atom is -0.376 e. The van der Waals surface area contributed by atoms with E-state index >= 15 is 0 Å². The Labute approximate surface area is 127 Å². The zero-order valence-corrected chi connectivity index (χ0v) is 13.8. The molecular weight excluding hydrogens is 268 g/mol. The van der Waals surface area contributed by atoms with Crippen LogP contribution in [0.25, 0.3) is 0 Å². The van der Waals surface area contributed by atoms with Crippen LogP contribution in [-0.4, -0.2) is 47.6 Å². The Kier molecular flexibility index (Phi) is 4.91. The van der Waals surface area contributed by atoms with Crippen LogP contribution in [0.3, 0.4) is 0 Å². The van der Waals surface area contributed by atoms with Gasteiger partial charge >= 0.3 is 0 Å². The van der Waals surface area contributed by atoms with E-state index in [0.717, 1.165) is 12.8 Å². The van der Waals surface area contributed by atoms with Crippen molar-refractivity contribution in [3.63, 3.8) is 0 Å². The van der Waals surface area contributed by atoms with Crippen LogP contribution in [0.5, 0.6) is 0 Å². The van der Waals surface area contributed by atoms with Crippen LogP contribution in [0.4, 0.5) is 0 Å². The molecule has 0 spiro atoms. The highest BCUT2D eigenvalue weighted by molar-refractivity contribution is 5.97. The van der Waals surface area contributed by atoms with Gasteiger partial charge in [0.2, 0.25) is 11.8 Å². The Hall–Kier alpha value is -1.10. The topological polar surface area (TPSA) is 58.6 Å². The second-order valence-electron chi connectivity index (χ2n) is 6.74. The predicted octanol–water partition coefficient (Wildman–Crippen LogP) is 1.56. The number of piperazine rings is 1. The van der Waals surface area contributed by atoms with Crippen LogP contribution >= 0.6 is 0 Å². The molecule has 2 saturated heterocycles. The van der Waals surface area contributed by atoms with Gasteiger partial charge in [0.1, 0.15) is 12.1 Å². The summed E-state index contributed by atoms with van der Waals surface area (Å²) >= 11 is 0. The minimum atomic E-state index is -0.398. The maximum Gasteiger partial charge on any atom is 0.246 e. The zero-order chi connectivity index (χ0) is 15.7. The molecule has 0 bridgehead atoms. The molecule has 2 fully saturated rings. The highest BCUT2D eigenvalue weighted by atomic mass is 16.5. The molecule has 0 aliphatic carbocycles. The van der Waals surface area contributed by atoms with E-state index in [4.69, 9.17) is 4.74 Å². The Morgan fingerprint density at radius 3 is 2.48 bits per heavy atom. The molecule has 2 aliphatic heterocycles. The molecule has 1 N–H and O–H groups in total. The normalized spacial score (nSPS) is 35.2. The molecule has 21 heavy (non-hydrogen) atoms. The molecule has 5 unspecified atom stereocenters. The quantitative estimate of drug-likeness (QED) is 0.856. The van der Waals surface area contributed by atoms with E-state index in [9.17, 15) is 9.59 Å². The van der Waals surface area contributed by atoms with Crippen LogP contribution in [0.1, 0.15) is 47.5 Å². The summed E-state index contributed by atoms with van der Waals surface area (Å²) in [6.07, 6.45) is 1.68. The highest BCUT2D eigenvalue weighted by Crippen LogP contribution is 2.29. The summed E-state index contributed by atoms with van der Waals surface area (Å²) in [6, 6.07) is -0.764. The largest absolute Gasteiger partial charge is 0.376 e. The molecule has 0 aromatic carbocycles. The SMILES string of the molecule is CCC(C)C1NC(=O)C(C(C)C)N(C2CCOC2C)C1=O. The third-order valence-corrected chi connectivity index (χ3v) is 4.92. The van der Waals surface area contributed by atoms with Crippen molar-refractivity contribution in [3.8, 4) is 0 Å². The summed E-state index contributed by atoms with van der Waals surface area (Å²) in [4.78, 5) is 27.3. The Morgan fingerprint density at radius 2 is 2.00 bits per heavy atom. The summed E-state index contributed by atoms with van der Waals surface area (Å²) in [5, 5.41) is 2.95. The van der Waals surface area contributed by atoms with E-state index in [1.165, 1.54) is 0 Å². The van der Waals surface area contributed by atoms with E-state index in [0.29, 0.717) is 6.61 Å². The van der Waals surface area contributed by atoms with Crippen LogP contribution in [0, 0.1) is 11.8 Å². The molecule has 2 rings (SSSR count). The fraction of sp³-hybridized carbons (Fsp3) is 0.875. The molecule has 0 radical (unpaired) electrons. The maximum absolute atomic E-state index is 13.0. The third-order valence-electron chi connectivity index (χ3n) is 4.92. The second-order valence-corrected chi connectivity index (χ2v) is 6.74. The van der Waals surface area contributed by atoms with E-state index in [1.54, 1.807) is 0 Å². The van der Waals surface area contributed by atoms with Gasteiger partial charge < -0.3 is 15.0 Å². The molecule has 0 saturated carbocycles. The molecular formula is C16H28N2O3. The van der Waals surface area contributed by atoms with Crippen molar-refractivity contribution in [2.75, 3.05) is 6.61 Å². The van der Waals surface area contributed by atoms with Gasteiger partial charge in [-0.2, -0.15) is 0 Å². The van der Waals surface area contributed by atoms with E-state index in [2.05, 4.69) is 5.32 Å². The van der Waals surface area contributed by atoms with Gasteiger partial charge in [-0.15, -0.1) is 0 Å². The number of ether oxygens (including phenoxy) is 1. The first-order chi connectivity index (χ1) is 9.88. The summed E-state index contributed by atoms with van der Waals surface area (Å²) in [5.41, 5.74) is 0. The van der Waals surface area contributed by atoms with Gasteiger partial charge in [-0.3, -0.25) is 9.59 Å². The standard InChI is InChI=1S/C16H28N2O3/c1-6-10(4)13-16(20)18(12-7-8-21-11(12)5)14(9(2)3)15(19)17-13/h9-14H,6-8H2,1-5H3,(H,17,19). The van der Waals surface area contributed by atoms with Crippen molar-refractivity contribution in [1.82, 2.24) is 10.2 Å². The van der Waals surface area contributed by atoms with E-state index in [-0.39, 0.29) is 41.8 Å². The predicted molar refractivity (Wildman–Crippen MR) is 80.7 cm³/mol. The van der Waals surface area contributed by atoms with Crippen molar-refractivity contribution in [1.29, 1.82) is 0 Å². The van der Waals surface area contributed by atoms with Gasteiger partial charge in [-0.25, -0.2) is 0 Å². The van der Waals surface area contributed by atoms with E-state index in [1.807, 2.05) is 39.5 Å². The number of carbonyl (C=O) groups excluding carboxylic acids is 2. The average molecular weight is 296 g/mol. The third kappa shape index (κ3) is 2.93. The van der Waals surface area contributed by atoms with Gasteiger partial charge in [0.25, 0.3) is 0 Å². The first-order valence-electron chi connectivity index (χ1n) is 8.12. The first kappa shape index (κ1) is 16.3. The number of nitrogens with one attached hydrogen (secondary N) is 1. The van der Waals surface area contributed by atoms with Gasteiger partial charge in [0.05, 0.1) is 12.1 Å². The lowest BCUT2D eigenvalue weighted by molar-refractivity contribution is -0.157. The van der Waals surface area contributed by atoms with Crippen molar-refractivity contribution in [3.05, 3.63) is 0 Å². The lowest BCUT2D eigenvalue weighted by Crippen LogP contribution is -2.69. The fourth-order valence-electron chi connectivity index (χ4n) is 3.43. The molecule has 0 aromatic heterocycles. The summed E-state index contributed by atoms with van der Waals surface area (Å²) in [5.74, 6) is 0.285. The number of amides is 2.